The number of hydrogen-bond acceptors (Lipinski definition) is 4. The number of aliphatic imine (C=N–C) groups is 1. The zero-order valence-electron chi connectivity index (χ0n) is 14.3. The Labute approximate surface area is 170 Å². The molecular weight excluding hydrogens is 479 g/mol. The van der Waals surface area contributed by atoms with Crippen molar-refractivity contribution in [3.8, 4) is 0 Å². The Hall–Kier alpha value is -2.18. The number of benzene rings is 1. The van der Waals surface area contributed by atoms with E-state index in [0.29, 0.717) is 19.0 Å². The van der Waals surface area contributed by atoms with Crippen LogP contribution in [0, 0.1) is 5.82 Å². The van der Waals surface area contributed by atoms with E-state index < -0.39 is 11.9 Å². The van der Waals surface area contributed by atoms with E-state index in [9.17, 15) is 17.6 Å². The SMILES string of the molecule is CN=C(NCCNc1nccc(C(F)(F)F)n1)NCc1cccc(F)c1.I. The fourth-order valence-electron chi connectivity index (χ4n) is 2.01. The van der Waals surface area contributed by atoms with Gasteiger partial charge in [-0.25, -0.2) is 14.4 Å². The minimum absolute atomic E-state index is 0. The first-order chi connectivity index (χ1) is 12.4. The number of alkyl halides is 3. The first-order valence-corrected chi connectivity index (χ1v) is 7.71. The normalized spacial score (nSPS) is 11.5. The third kappa shape index (κ3) is 7.93. The van der Waals surface area contributed by atoms with Crippen LogP contribution in [-0.4, -0.2) is 36.1 Å². The van der Waals surface area contributed by atoms with Gasteiger partial charge in [-0.3, -0.25) is 4.99 Å². The zero-order chi connectivity index (χ0) is 19.0. The molecule has 0 radical (unpaired) electrons. The molecule has 0 bridgehead atoms. The van der Waals surface area contributed by atoms with Crippen LogP contribution in [0.4, 0.5) is 23.5 Å². The summed E-state index contributed by atoms with van der Waals surface area (Å²) in [5.41, 5.74) is -0.251. The first-order valence-electron chi connectivity index (χ1n) is 7.71. The standard InChI is InChI=1S/C16H18F4N6.HI/c1-21-14(25-10-11-3-2-4-12(17)9-11)23-7-8-24-15-22-6-5-13(26-15)16(18,19)20;/h2-6,9H,7-8,10H2,1H3,(H2,21,23,25)(H,22,24,26);1H. The lowest BCUT2D eigenvalue weighted by atomic mass is 10.2. The summed E-state index contributed by atoms with van der Waals surface area (Å²) in [5, 5.41) is 8.68. The number of hydrogen-bond donors (Lipinski definition) is 3. The van der Waals surface area contributed by atoms with E-state index in [-0.39, 0.29) is 42.3 Å². The van der Waals surface area contributed by atoms with Crippen molar-refractivity contribution >= 4 is 35.9 Å². The van der Waals surface area contributed by atoms with Crippen molar-refractivity contribution in [3.05, 3.63) is 53.6 Å². The van der Waals surface area contributed by atoms with Crippen LogP contribution in [0.2, 0.25) is 0 Å². The molecule has 148 valence electrons. The van der Waals surface area contributed by atoms with E-state index in [1.165, 1.54) is 12.1 Å². The van der Waals surface area contributed by atoms with Gasteiger partial charge in [-0.15, -0.1) is 24.0 Å². The Morgan fingerprint density at radius 3 is 2.59 bits per heavy atom. The monoisotopic (exact) mass is 498 g/mol. The van der Waals surface area contributed by atoms with Crippen LogP contribution in [0.1, 0.15) is 11.3 Å². The highest BCUT2D eigenvalue weighted by Gasteiger charge is 2.32. The predicted octanol–water partition coefficient (Wildman–Crippen LogP) is 3.03. The molecule has 0 atom stereocenters. The van der Waals surface area contributed by atoms with Crippen LogP contribution in [0.5, 0.6) is 0 Å². The van der Waals surface area contributed by atoms with Crippen LogP contribution in [0.15, 0.2) is 41.5 Å². The topological polar surface area (TPSA) is 74.2 Å². The smallest absolute Gasteiger partial charge is 0.355 e. The summed E-state index contributed by atoms with van der Waals surface area (Å²) in [6, 6.07) is 6.96. The van der Waals surface area contributed by atoms with Crippen molar-refractivity contribution in [2.75, 3.05) is 25.5 Å². The Balaban J connectivity index is 0.00000364. The molecular formula is C16H19F4IN6. The molecule has 2 rings (SSSR count). The van der Waals surface area contributed by atoms with E-state index in [1.54, 1.807) is 19.2 Å². The highest BCUT2D eigenvalue weighted by atomic mass is 127. The number of guanidine groups is 1. The second-order valence-electron chi connectivity index (χ2n) is 5.17. The Bertz CT molecular complexity index is 754. The number of nitrogens with zero attached hydrogens (tertiary/aromatic N) is 3. The number of halogens is 5. The molecule has 3 N–H and O–H groups in total. The number of aromatic nitrogens is 2. The van der Waals surface area contributed by atoms with E-state index in [2.05, 4.69) is 30.9 Å². The number of anilines is 1. The molecule has 0 aliphatic heterocycles. The Morgan fingerprint density at radius 2 is 1.93 bits per heavy atom. The van der Waals surface area contributed by atoms with Crippen LogP contribution in [0.3, 0.4) is 0 Å². The van der Waals surface area contributed by atoms with Crippen molar-refractivity contribution in [3.63, 3.8) is 0 Å². The summed E-state index contributed by atoms with van der Waals surface area (Å²) in [6.45, 7) is 1.02. The second kappa shape index (κ2) is 10.8. The summed E-state index contributed by atoms with van der Waals surface area (Å²) in [6.07, 6.45) is -3.47. The summed E-state index contributed by atoms with van der Waals surface area (Å²) < 4.78 is 50.9. The molecule has 1 aromatic heterocycles. The third-order valence-corrected chi connectivity index (χ3v) is 3.22. The molecule has 0 unspecified atom stereocenters. The molecule has 27 heavy (non-hydrogen) atoms. The van der Waals surface area contributed by atoms with Crippen LogP contribution < -0.4 is 16.0 Å². The highest BCUT2D eigenvalue weighted by molar-refractivity contribution is 14.0. The summed E-state index contributed by atoms with van der Waals surface area (Å²) in [5.74, 6) is 0.0443. The minimum atomic E-state index is -4.51. The molecule has 0 aliphatic carbocycles. The van der Waals surface area contributed by atoms with Gasteiger partial charge in [-0.05, 0) is 23.8 Å². The summed E-state index contributed by atoms with van der Waals surface area (Å²) in [4.78, 5) is 11.2. The summed E-state index contributed by atoms with van der Waals surface area (Å²) >= 11 is 0. The molecule has 0 fully saturated rings. The third-order valence-electron chi connectivity index (χ3n) is 3.22. The maximum Gasteiger partial charge on any atom is 0.433 e. The number of nitrogens with one attached hydrogen (secondary N) is 3. The van der Waals surface area contributed by atoms with E-state index in [4.69, 9.17) is 0 Å². The molecule has 0 amide bonds. The van der Waals surface area contributed by atoms with Gasteiger partial charge in [-0.2, -0.15) is 13.2 Å². The van der Waals surface area contributed by atoms with Crippen molar-refractivity contribution in [2.24, 2.45) is 4.99 Å². The molecule has 0 aliphatic rings. The Kier molecular flexibility index (Phi) is 9.18. The van der Waals surface area contributed by atoms with Gasteiger partial charge >= 0.3 is 6.18 Å². The van der Waals surface area contributed by atoms with Gasteiger partial charge in [0, 0.05) is 32.9 Å². The summed E-state index contributed by atoms with van der Waals surface area (Å²) in [7, 11) is 1.57. The zero-order valence-corrected chi connectivity index (χ0v) is 16.7. The Morgan fingerprint density at radius 1 is 1.15 bits per heavy atom. The van der Waals surface area contributed by atoms with Crippen LogP contribution in [-0.2, 0) is 12.7 Å². The molecule has 1 aromatic carbocycles. The van der Waals surface area contributed by atoms with Gasteiger partial charge in [0.05, 0.1) is 0 Å². The average molecular weight is 498 g/mol. The van der Waals surface area contributed by atoms with Crippen molar-refractivity contribution in [2.45, 2.75) is 12.7 Å². The molecule has 0 saturated heterocycles. The first kappa shape index (κ1) is 22.9. The van der Waals surface area contributed by atoms with Crippen LogP contribution in [0.25, 0.3) is 0 Å². The molecule has 2 aromatic rings. The fourth-order valence-corrected chi connectivity index (χ4v) is 2.01. The lowest BCUT2D eigenvalue weighted by Crippen LogP contribution is -2.39. The van der Waals surface area contributed by atoms with Gasteiger partial charge in [-0.1, -0.05) is 12.1 Å². The van der Waals surface area contributed by atoms with Gasteiger partial charge in [0.15, 0.2) is 5.96 Å². The van der Waals surface area contributed by atoms with Crippen molar-refractivity contribution < 1.29 is 17.6 Å². The van der Waals surface area contributed by atoms with E-state index in [1.807, 2.05) is 0 Å². The number of rotatable bonds is 6. The van der Waals surface area contributed by atoms with Crippen LogP contribution >= 0.6 is 24.0 Å². The van der Waals surface area contributed by atoms with Gasteiger partial charge < -0.3 is 16.0 Å². The van der Waals surface area contributed by atoms with Crippen molar-refractivity contribution in [1.82, 2.24) is 20.6 Å². The quantitative estimate of drug-likeness (QED) is 0.188. The van der Waals surface area contributed by atoms with Crippen molar-refractivity contribution in [1.29, 1.82) is 0 Å². The predicted molar refractivity (Wildman–Crippen MR) is 106 cm³/mol. The van der Waals surface area contributed by atoms with E-state index >= 15 is 0 Å². The highest BCUT2D eigenvalue weighted by Crippen LogP contribution is 2.27. The molecule has 1 heterocycles. The molecule has 11 heteroatoms. The van der Waals surface area contributed by atoms with Gasteiger partial charge in [0.1, 0.15) is 11.5 Å². The lowest BCUT2D eigenvalue weighted by Gasteiger charge is -2.13. The molecule has 0 spiro atoms. The lowest BCUT2D eigenvalue weighted by molar-refractivity contribution is -0.141. The largest absolute Gasteiger partial charge is 0.433 e. The van der Waals surface area contributed by atoms with Gasteiger partial charge in [0.25, 0.3) is 0 Å². The average Bonchev–Trinajstić information content (AvgIpc) is 2.61. The maximum absolute atomic E-state index is 13.1. The molecule has 6 nitrogen and oxygen atoms in total. The van der Waals surface area contributed by atoms with Gasteiger partial charge in [0.2, 0.25) is 5.95 Å². The van der Waals surface area contributed by atoms with E-state index in [0.717, 1.165) is 17.8 Å². The fraction of sp³-hybridized carbons (Fsp3) is 0.312. The minimum Gasteiger partial charge on any atom is -0.355 e. The molecule has 0 saturated carbocycles. The maximum atomic E-state index is 13.1. The second-order valence-corrected chi connectivity index (χ2v) is 5.17.